The molecule has 0 aromatic heterocycles. The van der Waals surface area contributed by atoms with Crippen molar-refractivity contribution < 1.29 is 14.0 Å². The molecule has 0 atom stereocenters. The summed E-state index contributed by atoms with van der Waals surface area (Å²) in [5.41, 5.74) is 0.527. The van der Waals surface area contributed by atoms with E-state index in [0.717, 1.165) is 6.07 Å². The zero-order chi connectivity index (χ0) is 14.7. The molecule has 0 aliphatic carbocycles. The van der Waals surface area contributed by atoms with Crippen LogP contribution in [0.3, 0.4) is 0 Å². The van der Waals surface area contributed by atoms with Gasteiger partial charge in [-0.1, -0.05) is 6.07 Å². The predicted octanol–water partition coefficient (Wildman–Crippen LogP) is 0.888. The van der Waals surface area contributed by atoms with Crippen molar-refractivity contribution >= 4 is 11.8 Å². The number of nitriles is 1. The Bertz CT molecular complexity index is 595. The molecule has 0 N–H and O–H groups in total. The van der Waals surface area contributed by atoms with Crippen molar-refractivity contribution in [3.8, 4) is 6.07 Å². The van der Waals surface area contributed by atoms with Crippen LogP contribution in [0.15, 0.2) is 18.2 Å². The van der Waals surface area contributed by atoms with E-state index in [1.54, 1.807) is 6.92 Å². The molecule has 1 aromatic rings. The van der Waals surface area contributed by atoms with Crippen LogP contribution in [-0.4, -0.2) is 41.2 Å². The standard InChI is InChI=1S/C14H14FN3O2/c1-2-17-5-6-18(14(20)13(17)19)9-11-4-3-10(8-16)7-12(11)15/h3-4,7H,2,5-6,9H2,1H3. The molecule has 1 aliphatic rings. The van der Waals surface area contributed by atoms with E-state index in [1.807, 2.05) is 6.07 Å². The normalized spacial score (nSPS) is 15.4. The van der Waals surface area contributed by atoms with Gasteiger partial charge in [-0.25, -0.2) is 4.39 Å². The Labute approximate surface area is 116 Å². The number of nitrogens with zero attached hydrogens (tertiary/aromatic N) is 3. The van der Waals surface area contributed by atoms with Crippen LogP contribution in [0.25, 0.3) is 0 Å². The Balaban J connectivity index is 2.13. The SMILES string of the molecule is CCN1CCN(Cc2ccc(C#N)cc2F)C(=O)C1=O. The monoisotopic (exact) mass is 275 g/mol. The smallest absolute Gasteiger partial charge is 0.312 e. The maximum absolute atomic E-state index is 13.8. The summed E-state index contributed by atoms with van der Waals surface area (Å²) in [5.74, 6) is -1.70. The Kier molecular flexibility index (Phi) is 3.99. The van der Waals surface area contributed by atoms with Crippen molar-refractivity contribution in [3.05, 3.63) is 35.1 Å². The molecule has 0 saturated carbocycles. The lowest BCUT2D eigenvalue weighted by Gasteiger charge is -2.33. The number of hydrogen-bond acceptors (Lipinski definition) is 3. The van der Waals surface area contributed by atoms with Crippen LogP contribution in [0.5, 0.6) is 0 Å². The van der Waals surface area contributed by atoms with Gasteiger partial charge in [0.2, 0.25) is 0 Å². The van der Waals surface area contributed by atoms with Gasteiger partial charge in [0.25, 0.3) is 0 Å². The first-order chi connectivity index (χ1) is 9.56. The summed E-state index contributed by atoms with van der Waals surface area (Å²) in [6, 6.07) is 5.94. The van der Waals surface area contributed by atoms with Gasteiger partial charge in [-0.3, -0.25) is 9.59 Å². The van der Waals surface area contributed by atoms with Gasteiger partial charge < -0.3 is 9.80 Å². The summed E-state index contributed by atoms with van der Waals surface area (Å²) in [5, 5.41) is 8.68. The van der Waals surface area contributed by atoms with Gasteiger partial charge in [0.1, 0.15) is 5.82 Å². The number of amides is 2. The summed E-state index contributed by atoms with van der Waals surface area (Å²) in [4.78, 5) is 26.4. The van der Waals surface area contributed by atoms with Crippen molar-refractivity contribution in [2.24, 2.45) is 0 Å². The molecule has 5 nitrogen and oxygen atoms in total. The first-order valence-electron chi connectivity index (χ1n) is 6.33. The molecule has 1 heterocycles. The molecule has 2 rings (SSSR count). The quantitative estimate of drug-likeness (QED) is 0.769. The average Bonchev–Trinajstić information content (AvgIpc) is 2.46. The molecule has 1 saturated heterocycles. The van der Waals surface area contributed by atoms with Crippen LogP contribution in [0.1, 0.15) is 18.1 Å². The summed E-state index contributed by atoms with van der Waals surface area (Å²) >= 11 is 0. The van der Waals surface area contributed by atoms with Gasteiger partial charge in [0.05, 0.1) is 11.6 Å². The van der Waals surface area contributed by atoms with Crippen LogP contribution in [-0.2, 0) is 16.1 Å². The van der Waals surface area contributed by atoms with Crippen LogP contribution < -0.4 is 0 Å². The zero-order valence-electron chi connectivity index (χ0n) is 11.1. The van der Waals surface area contributed by atoms with Gasteiger partial charge in [0, 0.05) is 31.7 Å². The third-order valence-corrected chi connectivity index (χ3v) is 3.32. The van der Waals surface area contributed by atoms with Gasteiger partial charge in [-0.15, -0.1) is 0 Å². The lowest BCUT2D eigenvalue weighted by Crippen LogP contribution is -2.53. The topological polar surface area (TPSA) is 64.4 Å². The highest BCUT2D eigenvalue weighted by atomic mass is 19.1. The highest BCUT2D eigenvalue weighted by molar-refractivity contribution is 6.35. The minimum Gasteiger partial charge on any atom is -0.333 e. The molecular weight excluding hydrogens is 261 g/mol. The Morgan fingerprint density at radius 3 is 2.50 bits per heavy atom. The molecule has 1 aromatic carbocycles. The number of hydrogen-bond donors (Lipinski definition) is 0. The van der Waals surface area contributed by atoms with E-state index in [2.05, 4.69) is 0 Å². The van der Waals surface area contributed by atoms with E-state index in [4.69, 9.17) is 5.26 Å². The molecule has 0 bridgehead atoms. The molecule has 20 heavy (non-hydrogen) atoms. The second-order valence-electron chi connectivity index (χ2n) is 4.53. The summed E-state index contributed by atoms with van der Waals surface area (Å²) in [6.07, 6.45) is 0. The molecule has 0 spiro atoms. The van der Waals surface area contributed by atoms with Crippen molar-refractivity contribution in [2.75, 3.05) is 19.6 Å². The minimum absolute atomic E-state index is 0.0413. The van der Waals surface area contributed by atoms with Gasteiger partial charge in [-0.2, -0.15) is 5.26 Å². The second-order valence-corrected chi connectivity index (χ2v) is 4.53. The molecule has 104 valence electrons. The summed E-state index contributed by atoms with van der Waals surface area (Å²) in [7, 11) is 0. The number of likely N-dealkylation sites (N-methyl/N-ethyl adjacent to an activating group) is 1. The van der Waals surface area contributed by atoms with Crippen molar-refractivity contribution in [1.82, 2.24) is 9.80 Å². The third-order valence-electron chi connectivity index (χ3n) is 3.32. The average molecular weight is 275 g/mol. The Morgan fingerprint density at radius 2 is 1.90 bits per heavy atom. The highest BCUT2D eigenvalue weighted by Crippen LogP contribution is 2.15. The van der Waals surface area contributed by atoms with E-state index < -0.39 is 17.6 Å². The fraction of sp³-hybridized carbons (Fsp3) is 0.357. The van der Waals surface area contributed by atoms with Crippen LogP contribution >= 0.6 is 0 Å². The second kappa shape index (κ2) is 5.70. The maximum atomic E-state index is 13.8. The highest BCUT2D eigenvalue weighted by Gasteiger charge is 2.31. The number of benzene rings is 1. The summed E-state index contributed by atoms with van der Waals surface area (Å²) < 4.78 is 13.8. The van der Waals surface area contributed by atoms with Gasteiger partial charge in [-0.05, 0) is 19.1 Å². The maximum Gasteiger partial charge on any atom is 0.312 e. The fourth-order valence-corrected chi connectivity index (χ4v) is 2.12. The van der Waals surface area contributed by atoms with E-state index >= 15 is 0 Å². The number of rotatable bonds is 3. The van der Waals surface area contributed by atoms with Crippen molar-refractivity contribution in [1.29, 1.82) is 5.26 Å². The Morgan fingerprint density at radius 1 is 1.25 bits per heavy atom. The molecule has 1 fully saturated rings. The lowest BCUT2D eigenvalue weighted by atomic mass is 10.1. The van der Waals surface area contributed by atoms with E-state index in [-0.39, 0.29) is 12.1 Å². The molecule has 1 aliphatic heterocycles. The Hall–Kier alpha value is -2.42. The van der Waals surface area contributed by atoms with Crippen molar-refractivity contribution in [3.63, 3.8) is 0 Å². The number of carbonyl (C=O) groups is 2. The number of piperazine rings is 1. The molecule has 0 radical (unpaired) electrons. The molecule has 0 unspecified atom stereocenters. The zero-order valence-corrected chi connectivity index (χ0v) is 11.1. The molecular formula is C14H14FN3O2. The van der Waals surface area contributed by atoms with Crippen LogP contribution in [0.4, 0.5) is 4.39 Å². The number of carbonyl (C=O) groups excluding carboxylic acids is 2. The lowest BCUT2D eigenvalue weighted by molar-refractivity contribution is -0.156. The molecule has 2 amide bonds. The minimum atomic E-state index is -0.609. The third kappa shape index (κ3) is 2.62. The number of halogens is 1. The van der Waals surface area contributed by atoms with E-state index in [1.165, 1.54) is 21.9 Å². The predicted molar refractivity (Wildman–Crippen MR) is 68.8 cm³/mol. The van der Waals surface area contributed by atoms with Crippen LogP contribution in [0, 0.1) is 17.1 Å². The largest absolute Gasteiger partial charge is 0.333 e. The van der Waals surface area contributed by atoms with E-state index in [9.17, 15) is 14.0 Å². The van der Waals surface area contributed by atoms with Gasteiger partial charge >= 0.3 is 11.8 Å². The van der Waals surface area contributed by atoms with E-state index in [0.29, 0.717) is 25.2 Å². The fourth-order valence-electron chi connectivity index (χ4n) is 2.12. The van der Waals surface area contributed by atoms with Crippen molar-refractivity contribution in [2.45, 2.75) is 13.5 Å². The summed E-state index contributed by atoms with van der Waals surface area (Å²) in [6.45, 7) is 3.18. The first-order valence-corrected chi connectivity index (χ1v) is 6.33. The van der Waals surface area contributed by atoms with Gasteiger partial charge in [0.15, 0.2) is 0 Å². The van der Waals surface area contributed by atoms with Crippen LogP contribution in [0.2, 0.25) is 0 Å². The first kappa shape index (κ1) is 14.0. The molecule has 6 heteroatoms.